The van der Waals surface area contributed by atoms with Crippen LogP contribution in [0.5, 0.6) is 0 Å². The minimum absolute atomic E-state index is 0.0768. The van der Waals surface area contributed by atoms with E-state index in [2.05, 4.69) is 62.6 Å². The molecule has 0 fully saturated rings. The van der Waals surface area contributed by atoms with Gasteiger partial charge in [-0.1, -0.05) is 26.0 Å². The van der Waals surface area contributed by atoms with E-state index >= 15 is 0 Å². The van der Waals surface area contributed by atoms with Gasteiger partial charge in [-0.2, -0.15) is 0 Å². The van der Waals surface area contributed by atoms with Crippen molar-refractivity contribution < 1.29 is 13.9 Å². The highest BCUT2D eigenvalue weighted by Gasteiger charge is 2.19. The molecule has 3 aromatic rings. The van der Waals surface area contributed by atoms with Crippen molar-refractivity contribution in [2.75, 3.05) is 19.0 Å². The molecule has 0 aliphatic rings. The molecule has 0 saturated heterocycles. The van der Waals surface area contributed by atoms with Crippen LogP contribution in [0.4, 0.5) is 10.2 Å². The smallest absolute Gasteiger partial charge is 0.310 e. The van der Waals surface area contributed by atoms with Crippen LogP contribution in [0.2, 0.25) is 0 Å². The van der Waals surface area contributed by atoms with E-state index in [1.807, 2.05) is 18.3 Å². The molecule has 2 aromatic carbocycles. The lowest BCUT2D eigenvalue weighted by Crippen LogP contribution is -2.09. The van der Waals surface area contributed by atoms with Crippen molar-refractivity contribution in [1.82, 2.24) is 4.98 Å². The molecule has 174 valence electrons. The molecule has 0 amide bonds. The molecule has 0 radical (unpaired) electrons. The van der Waals surface area contributed by atoms with E-state index in [1.165, 1.54) is 18.7 Å². The molecular formula is C28H33FN2O2. The molecule has 33 heavy (non-hydrogen) atoms. The number of hydrogen-bond acceptors (Lipinski definition) is 4. The lowest BCUT2D eigenvalue weighted by atomic mass is 9.83. The molecule has 0 aliphatic carbocycles. The second kappa shape index (κ2) is 10.2. The second-order valence-corrected chi connectivity index (χ2v) is 9.02. The molecule has 0 atom stereocenters. The summed E-state index contributed by atoms with van der Waals surface area (Å²) in [6, 6.07) is 9.19. The van der Waals surface area contributed by atoms with Gasteiger partial charge in [0, 0.05) is 18.3 Å². The first-order chi connectivity index (χ1) is 15.6. The summed E-state index contributed by atoms with van der Waals surface area (Å²) in [5.41, 5.74) is 8.92. The van der Waals surface area contributed by atoms with E-state index in [0.29, 0.717) is 11.5 Å². The zero-order valence-corrected chi connectivity index (χ0v) is 20.6. The second-order valence-electron chi connectivity index (χ2n) is 9.02. The number of esters is 1. The number of rotatable bonds is 7. The molecule has 1 N–H and O–H groups in total. The van der Waals surface area contributed by atoms with Crippen molar-refractivity contribution >= 4 is 11.8 Å². The Balaban J connectivity index is 2.01. The predicted octanol–water partition coefficient (Wildman–Crippen LogP) is 6.57. The average molecular weight is 449 g/mol. The Morgan fingerprint density at radius 1 is 0.970 bits per heavy atom. The Labute approximate surface area is 196 Å². The van der Waals surface area contributed by atoms with Crippen LogP contribution >= 0.6 is 0 Å². The summed E-state index contributed by atoms with van der Waals surface area (Å²) in [6.07, 6.45) is 1.84. The van der Waals surface area contributed by atoms with E-state index < -0.39 is 11.8 Å². The van der Waals surface area contributed by atoms with Gasteiger partial charge in [0.2, 0.25) is 0 Å². The van der Waals surface area contributed by atoms with Crippen LogP contribution < -0.4 is 5.32 Å². The minimum Gasteiger partial charge on any atom is -0.469 e. The number of aromatic nitrogens is 1. The van der Waals surface area contributed by atoms with Gasteiger partial charge in [-0.15, -0.1) is 0 Å². The maximum absolute atomic E-state index is 14.8. The van der Waals surface area contributed by atoms with Gasteiger partial charge in [0.1, 0.15) is 11.6 Å². The molecule has 3 rings (SSSR count). The number of nitrogens with one attached hydrogen (secondary N) is 1. The first-order valence-corrected chi connectivity index (χ1v) is 11.3. The van der Waals surface area contributed by atoms with E-state index in [9.17, 15) is 9.18 Å². The fourth-order valence-corrected chi connectivity index (χ4v) is 4.21. The molecule has 1 heterocycles. The van der Waals surface area contributed by atoms with E-state index in [4.69, 9.17) is 0 Å². The van der Waals surface area contributed by atoms with Gasteiger partial charge in [-0.25, -0.2) is 9.37 Å². The Morgan fingerprint density at radius 2 is 1.55 bits per heavy atom. The highest BCUT2D eigenvalue weighted by molar-refractivity contribution is 5.83. The molecule has 0 spiro atoms. The van der Waals surface area contributed by atoms with Crippen molar-refractivity contribution in [2.45, 2.75) is 48.0 Å². The number of pyridine rings is 1. The van der Waals surface area contributed by atoms with E-state index in [1.54, 1.807) is 6.07 Å². The molecule has 1 aromatic heterocycles. The predicted molar refractivity (Wildman–Crippen MR) is 133 cm³/mol. The first-order valence-electron chi connectivity index (χ1n) is 11.3. The van der Waals surface area contributed by atoms with Crippen LogP contribution in [-0.4, -0.2) is 24.6 Å². The van der Waals surface area contributed by atoms with Gasteiger partial charge < -0.3 is 10.1 Å². The third-order valence-electron chi connectivity index (χ3n) is 6.27. The van der Waals surface area contributed by atoms with E-state index in [0.717, 1.165) is 51.3 Å². The van der Waals surface area contributed by atoms with Crippen LogP contribution in [0.15, 0.2) is 36.5 Å². The number of hydrogen-bond donors (Lipinski definition) is 1. The number of ether oxygens (including phenoxy) is 1. The summed E-state index contributed by atoms with van der Waals surface area (Å²) in [5, 5.41) is 3.36. The van der Waals surface area contributed by atoms with Crippen LogP contribution in [0, 0.1) is 39.4 Å². The maximum atomic E-state index is 14.8. The summed E-state index contributed by atoms with van der Waals surface area (Å²) in [4.78, 5) is 16.2. The standard InChI is InChI=1S/C28H33FN2O2/c1-16(2)14-30-25-11-10-23(15-31-25)28-19(5)17(3)27(18(4)20(28)6)22-9-8-21(24(29)12-22)13-26(32)33-7/h8-12,15-16H,13-14H2,1-7H3,(H,30,31). The van der Waals surface area contributed by atoms with Crippen molar-refractivity contribution in [3.8, 4) is 22.3 Å². The Kier molecular flexibility index (Phi) is 7.52. The third kappa shape index (κ3) is 5.24. The first kappa shape index (κ1) is 24.4. The van der Waals surface area contributed by atoms with Crippen molar-refractivity contribution in [2.24, 2.45) is 5.92 Å². The van der Waals surface area contributed by atoms with Gasteiger partial charge >= 0.3 is 5.97 Å². The number of carbonyl (C=O) groups is 1. The molecule has 0 bridgehead atoms. The quantitative estimate of drug-likeness (QED) is 0.415. The van der Waals surface area contributed by atoms with Crippen LogP contribution in [0.3, 0.4) is 0 Å². The van der Waals surface area contributed by atoms with Crippen LogP contribution in [0.1, 0.15) is 41.7 Å². The largest absolute Gasteiger partial charge is 0.469 e. The molecule has 0 aliphatic heterocycles. The molecular weight excluding hydrogens is 415 g/mol. The summed E-state index contributed by atoms with van der Waals surface area (Å²) in [6.45, 7) is 13.6. The van der Waals surface area contributed by atoms with Gasteiger partial charge in [-0.05, 0) is 96.3 Å². The fraction of sp³-hybridized carbons (Fsp3) is 0.357. The molecule has 0 unspecified atom stereocenters. The van der Waals surface area contributed by atoms with Crippen molar-refractivity contribution in [1.29, 1.82) is 0 Å². The number of methoxy groups -OCH3 is 1. The SMILES string of the molecule is COC(=O)Cc1ccc(-c2c(C)c(C)c(-c3ccc(NCC(C)C)nc3)c(C)c2C)cc1F. The maximum Gasteiger partial charge on any atom is 0.310 e. The van der Waals surface area contributed by atoms with E-state index in [-0.39, 0.29) is 6.42 Å². The normalized spacial score (nSPS) is 11.1. The van der Waals surface area contributed by atoms with Gasteiger partial charge in [0.15, 0.2) is 0 Å². The highest BCUT2D eigenvalue weighted by atomic mass is 19.1. The number of nitrogens with zero attached hydrogens (tertiary/aromatic N) is 1. The monoisotopic (exact) mass is 448 g/mol. The summed E-state index contributed by atoms with van der Waals surface area (Å²) >= 11 is 0. The number of benzene rings is 2. The Hall–Kier alpha value is -3.21. The number of carbonyl (C=O) groups excluding carboxylic acids is 1. The van der Waals surface area contributed by atoms with Gasteiger partial charge in [-0.3, -0.25) is 4.79 Å². The minimum atomic E-state index is -0.455. The lowest BCUT2D eigenvalue weighted by molar-refractivity contribution is -0.139. The van der Waals surface area contributed by atoms with Crippen molar-refractivity contribution in [3.63, 3.8) is 0 Å². The lowest BCUT2D eigenvalue weighted by Gasteiger charge is -2.21. The van der Waals surface area contributed by atoms with Crippen LogP contribution in [-0.2, 0) is 16.0 Å². The summed E-state index contributed by atoms with van der Waals surface area (Å²) in [5.74, 6) is 0.567. The average Bonchev–Trinajstić information content (AvgIpc) is 2.79. The summed E-state index contributed by atoms with van der Waals surface area (Å²) in [7, 11) is 1.31. The number of anilines is 1. The topological polar surface area (TPSA) is 51.2 Å². The zero-order chi connectivity index (χ0) is 24.3. The number of halogens is 1. The zero-order valence-electron chi connectivity index (χ0n) is 20.6. The fourth-order valence-electron chi connectivity index (χ4n) is 4.21. The Morgan fingerprint density at radius 3 is 2.03 bits per heavy atom. The van der Waals surface area contributed by atoms with Gasteiger partial charge in [0.25, 0.3) is 0 Å². The molecule has 0 saturated carbocycles. The molecule has 5 heteroatoms. The Bertz CT molecular complexity index is 1140. The van der Waals surface area contributed by atoms with Gasteiger partial charge in [0.05, 0.1) is 13.5 Å². The highest BCUT2D eigenvalue weighted by Crippen LogP contribution is 2.39. The van der Waals surface area contributed by atoms with Crippen LogP contribution in [0.25, 0.3) is 22.3 Å². The third-order valence-corrected chi connectivity index (χ3v) is 6.27. The molecule has 4 nitrogen and oxygen atoms in total. The summed E-state index contributed by atoms with van der Waals surface area (Å²) < 4.78 is 19.4. The van der Waals surface area contributed by atoms with Crippen molar-refractivity contribution in [3.05, 3.63) is 70.2 Å².